The molecule has 0 spiro atoms. The smallest absolute Gasteiger partial charge is 0.0914 e. The number of H-pyrrole nitrogens is 1. The van der Waals surface area contributed by atoms with Crippen molar-refractivity contribution in [3.8, 4) is 0 Å². The van der Waals surface area contributed by atoms with Crippen molar-refractivity contribution in [3.05, 3.63) is 107 Å². The molecule has 0 bridgehead atoms. The summed E-state index contributed by atoms with van der Waals surface area (Å²) in [5.74, 6) is 0.0767. The van der Waals surface area contributed by atoms with Crippen LogP contribution in [-0.4, -0.2) is 23.2 Å². The van der Waals surface area contributed by atoms with Crippen molar-refractivity contribution in [1.82, 2.24) is 10.3 Å². The van der Waals surface area contributed by atoms with E-state index in [-0.39, 0.29) is 5.92 Å². The van der Waals surface area contributed by atoms with E-state index in [4.69, 9.17) is 11.6 Å². The summed E-state index contributed by atoms with van der Waals surface area (Å²) in [5.41, 5.74) is 4.30. The molecule has 0 saturated carbocycles. The topological polar surface area (TPSA) is 48.0 Å². The third-order valence-electron chi connectivity index (χ3n) is 5.15. The van der Waals surface area contributed by atoms with Gasteiger partial charge in [0.1, 0.15) is 0 Å². The number of nitrogens with one attached hydrogen (secondary N) is 2. The van der Waals surface area contributed by atoms with Crippen molar-refractivity contribution in [2.24, 2.45) is 0 Å². The molecule has 0 aliphatic carbocycles. The summed E-state index contributed by atoms with van der Waals surface area (Å²) in [4.78, 5) is 3.36. The highest BCUT2D eigenvalue weighted by atomic mass is 35.5. The molecule has 142 valence electrons. The average molecular weight is 391 g/mol. The lowest BCUT2D eigenvalue weighted by Gasteiger charge is -2.21. The fraction of sp³-hybridized carbons (Fsp3) is 0.167. The Morgan fingerprint density at radius 1 is 0.821 bits per heavy atom. The Labute approximate surface area is 170 Å². The third kappa shape index (κ3) is 3.97. The number of aliphatic hydroxyl groups is 1. The van der Waals surface area contributed by atoms with E-state index in [1.165, 1.54) is 10.9 Å². The Hall–Kier alpha value is -2.59. The van der Waals surface area contributed by atoms with Crippen molar-refractivity contribution in [1.29, 1.82) is 0 Å². The van der Waals surface area contributed by atoms with Crippen LogP contribution in [0.1, 0.15) is 28.7 Å². The number of halogens is 1. The highest BCUT2D eigenvalue weighted by Gasteiger charge is 2.20. The number of fused-ring (bicyclic) bond motifs is 1. The Kier molecular flexibility index (Phi) is 5.77. The van der Waals surface area contributed by atoms with Crippen molar-refractivity contribution in [2.75, 3.05) is 13.1 Å². The molecular weight excluding hydrogens is 368 g/mol. The molecule has 0 radical (unpaired) electrons. The zero-order valence-electron chi connectivity index (χ0n) is 15.5. The number of hydrogen-bond donors (Lipinski definition) is 3. The second-order valence-electron chi connectivity index (χ2n) is 6.95. The molecule has 1 aromatic heterocycles. The van der Waals surface area contributed by atoms with E-state index >= 15 is 0 Å². The minimum atomic E-state index is -0.545. The Morgan fingerprint density at radius 2 is 1.54 bits per heavy atom. The Bertz CT molecular complexity index is 1040. The molecule has 0 fully saturated rings. The fourth-order valence-corrected chi connectivity index (χ4v) is 3.95. The molecule has 3 N–H and O–H groups in total. The van der Waals surface area contributed by atoms with E-state index in [9.17, 15) is 5.11 Å². The number of rotatable bonds is 7. The minimum Gasteiger partial charge on any atom is -0.387 e. The van der Waals surface area contributed by atoms with Gasteiger partial charge in [0.05, 0.1) is 6.10 Å². The van der Waals surface area contributed by atoms with Gasteiger partial charge < -0.3 is 15.4 Å². The minimum absolute atomic E-state index is 0.0767. The lowest BCUT2D eigenvalue weighted by Crippen LogP contribution is -2.27. The van der Waals surface area contributed by atoms with E-state index in [0.29, 0.717) is 13.1 Å². The summed E-state index contributed by atoms with van der Waals surface area (Å²) in [6.07, 6.45) is 1.52. The summed E-state index contributed by atoms with van der Waals surface area (Å²) in [6.45, 7) is 1.16. The monoisotopic (exact) mass is 390 g/mol. The first-order chi connectivity index (χ1) is 13.7. The van der Waals surface area contributed by atoms with Crippen LogP contribution in [0.2, 0.25) is 5.02 Å². The lowest BCUT2D eigenvalue weighted by molar-refractivity contribution is 0.174. The second-order valence-corrected chi connectivity index (χ2v) is 7.36. The van der Waals surface area contributed by atoms with Gasteiger partial charge in [0.2, 0.25) is 0 Å². The van der Waals surface area contributed by atoms with Gasteiger partial charge in [-0.1, -0.05) is 78.3 Å². The summed E-state index contributed by atoms with van der Waals surface area (Å²) in [6, 6.07) is 26.0. The van der Waals surface area contributed by atoms with Crippen LogP contribution in [-0.2, 0) is 0 Å². The normalized spacial score (nSPS) is 13.5. The predicted octanol–water partition coefficient (Wildman–Crippen LogP) is 5.28. The number of benzene rings is 3. The molecule has 3 nitrogen and oxygen atoms in total. The molecular formula is C24H23ClN2O. The number of aromatic amines is 1. The third-order valence-corrected chi connectivity index (χ3v) is 5.49. The van der Waals surface area contributed by atoms with E-state index in [0.717, 1.165) is 21.7 Å². The van der Waals surface area contributed by atoms with Crippen LogP contribution in [0.3, 0.4) is 0 Å². The summed E-state index contributed by atoms with van der Waals surface area (Å²) in [5, 5.41) is 15.9. The summed E-state index contributed by atoms with van der Waals surface area (Å²) >= 11 is 6.54. The van der Waals surface area contributed by atoms with Crippen molar-refractivity contribution >= 4 is 22.5 Å². The molecule has 4 rings (SSSR count). The van der Waals surface area contributed by atoms with Crippen LogP contribution in [0.4, 0.5) is 0 Å². The maximum atomic E-state index is 10.5. The average Bonchev–Trinajstić information content (AvgIpc) is 3.16. The van der Waals surface area contributed by atoms with Gasteiger partial charge in [-0.2, -0.15) is 0 Å². The molecule has 2 unspecified atom stereocenters. The van der Waals surface area contributed by atoms with Gasteiger partial charge >= 0.3 is 0 Å². The highest BCUT2D eigenvalue weighted by Crippen LogP contribution is 2.34. The van der Waals surface area contributed by atoms with Gasteiger partial charge in [-0.25, -0.2) is 0 Å². The molecule has 28 heavy (non-hydrogen) atoms. The van der Waals surface area contributed by atoms with E-state index < -0.39 is 6.10 Å². The van der Waals surface area contributed by atoms with Crippen molar-refractivity contribution in [3.63, 3.8) is 0 Å². The molecule has 1 heterocycles. The number of aromatic nitrogens is 1. The van der Waals surface area contributed by atoms with Crippen LogP contribution < -0.4 is 5.32 Å². The van der Waals surface area contributed by atoms with Gasteiger partial charge in [-0.3, -0.25) is 0 Å². The van der Waals surface area contributed by atoms with Crippen LogP contribution in [0.15, 0.2) is 85.1 Å². The fourth-order valence-electron chi connectivity index (χ4n) is 3.68. The van der Waals surface area contributed by atoms with E-state index in [1.54, 1.807) is 0 Å². The second kappa shape index (κ2) is 8.61. The van der Waals surface area contributed by atoms with Crippen molar-refractivity contribution < 1.29 is 5.11 Å². The molecule has 3 aromatic carbocycles. The van der Waals surface area contributed by atoms with Gasteiger partial charge in [-0.05, 0) is 28.8 Å². The Morgan fingerprint density at radius 3 is 2.36 bits per heavy atom. The van der Waals surface area contributed by atoms with Gasteiger partial charge in [0.25, 0.3) is 0 Å². The summed E-state index contributed by atoms with van der Waals surface area (Å²) < 4.78 is 0. The molecule has 0 saturated heterocycles. The maximum absolute atomic E-state index is 10.5. The highest BCUT2D eigenvalue weighted by molar-refractivity contribution is 6.31. The predicted molar refractivity (Wildman–Crippen MR) is 116 cm³/mol. The van der Waals surface area contributed by atoms with Crippen molar-refractivity contribution in [2.45, 2.75) is 12.0 Å². The maximum Gasteiger partial charge on any atom is 0.0914 e. The molecule has 0 amide bonds. The van der Waals surface area contributed by atoms with Gasteiger partial charge in [0, 0.05) is 41.1 Å². The molecule has 2 atom stereocenters. The first-order valence-corrected chi connectivity index (χ1v) is 9.86. The summed E-state index contributed by atoms with van der Waals surface area (Å²) in [7, 11) is 0. The van der Waals surface area contributed by atoms with E-state index in [2.05, 4.69) is 40.8 Å². The SMILES string of the molecule is OC(CNCC(c1ccccc1Cl)c1c[nH]c2ccccc12)c1ccccc1. The first kappa shape index (κ1) is 18.8. The molecule has 4 aromatic rings. The standard InChI is InChI=1S/C24H23ClN2O/c25-22-12-6-4-10-18(22)20(21-15-27-23-13-7-5-11-19(21)23)14-26-16-24(28)17-8-2-1-3-9-17/h1-13,15,20,24,26-28H,14,16H2. The number of aliphatic hydroxyl groups excluding tert-OH is 1. The zero-order valence-corrected chi connectivity index (χ0v) is 16.2. The Balaban J connectivity index is 1.58. The van der Waals surface area contributed by atoms with Gasteiger partial charge in [-0.15, -0.1) is 0 Å². The largest absolute Gasteiger partial charge is 0.387 e. The van der Waals surface area contributed by atoms with Gasteiger partial charge in [0.15, 0.2) is 0 Å². The van der Waals surface area contributed by atoms with E-state index in [1.807, 2.05) is 54.6 Å². The molecule has 4 heteroatoms. The number of para-hydroxylation sites is 1. The van der Waals surface area contributed by atoms with Crippen LogP contribution in [0.25, 0.3) is 10.9 Å². The zero-order chi connectivity index (χ0) is 19.3. The van der Waals surface area contributed by atoms with Crippen LogP contribution >= 0.6 is 11.6 Å². The molecule has 0 aliphatic heterocycles. The quantitative estimate of drug-likeness (QED) is 0.402. The first-order valence-electron chi connectivity index (χ1n) is 9.48. The lowest BCUT2D eigenvalue weighted by atomic mass is 9.90. The number of hydrogen-bond acceptors (Lipinski definition) is 2. The van der Waals surface area contributed by atoms with Crippen LogP contribution in [0.5, 0.6) is 0 Å². The molecule has 0 aliphatic rings. The van der Waals surface area contributed by atoms with Crippen LogP contribution in [0, 0.1) is 0 Å².